The standard InChI is InChI=1S/C9H14N2O3S/c10-5-7-6-14-9(11-7)8-3-1-2-4-15(8,12)13/h6,8H,1-5,10H2. The van der Waals surface area contributed by atoms with Crippen LogP contribution in [-0.2, 0) is 16.4 Å². The lowest BCUT2D eigenvalue weighted by atomic mass is 10.2. The van der Waals surface area contributed by atoms with Crippen molar-refractivity contribution < 1.29 is 12.8 Å². The van der Waals surface area contributed by atoms with Crippen molar-refractivity contribution in [2.75, 3.05) is 5.75 Å². The lowest BCUT2D eigenvalue weighted by Crippen LogP contribution is -2.21. The van der Waals surface area contributed by atoms with Gasteiger partial charge in [0.05, 0.1) is 11.4 Å². The Hall–Kier alpha value is -0.880. The maximum atomic E-state index is 11.7. The second-order valence-electron chi connectivity index (χ2n) is 3.73. The number of nitrogens with zero attached hydrogens (tertiary/aromatic N) is 1. The van der Waals surface area contributed by atoms with Gasteiger partial charge in [-0.05, 0) is 12.8 Å². The third kappa shape index (κ3) is 2.05. The third-order valence-corrected chi connectivity index (χ3v) is 4.79. The summed E-state index contributed by atoms with van der Waals surface area (Å²) in [4.78, 5) is 4.08. The fourth-order valence-corrected chi connectivity index (χ4v) is 3.63. The van der Waals surface area contributed by atoms with Crippen LogP contribution >= 0.6 is 0 Å². The van der Waals surface area contributed by atoms with E-state index in [0.29, 0.717) is 18.0 Å². The molecule has 2 heterocycles. The summed E-state index contributed by atoms with van der Waals surface area (Å²) in [7, 11) is -3.07. The molecule has 1 atom stereocenters. The molecule has 1 fully saturated rings. The van der Waals surface area contributed by atoms with Crippen LogP contribution in [0.2, 0.25) is 0 Å². The van der Waals surface area contributed by atoms with Crippen molar-refractivity contribution in [2.24, 2.45) is 5.73 Å². The third-order valence-electron chi connectivity index (χ3n) is 2.63. The predicted molar refractivity (Wildman–Crippen MR) is 54.8 cm³/mol. The van der Waals surface area contributed by atoms with Gasteiger partial charge in [0, 0.05) is 6.54 Å². The van der Waals surface area contributed by atoms with E-state index in [1.54, 1.807) is 0 Å². The van der Waals surface area contributed by atoms with Crippen LogP contribution in [0.5, 0.6) is 0 Å². The first-order valence-corrected chi connectivity index (χ1v) is 6.71. The van der Waals surface area contributed by atoms with Crippen molar-refractivity contribution in [3.63, 3.8) is 0 Å². The van der Waals surface area contributed by atoms with Crippen molar-refractivity contribution in [3.05, 3.63) is 17.8 Å². The van der Waals surface area contributed by atoms with Crippen molar-refractivity contribution >= 4 is 9.84 Å². The van der Waals surface area contributed by atoms with Crippen LogP contribution in [0.25, 0.3) is 0 Å². The minimum Gasteiger partial charge on any atom is -0.447 e. The molecule has 15 heavy (non-hydrogen) atoms. The molecule has 0 amide bonds. The highest BCUT2D eigenvalue weighted by molar-refractivity contribution is 7.91. The van der Waals surface area contributed by atoms with Crippen molar-refractivity contribution in [1.82, 2.24) is 4.98 Å². The van der Waals surface area contributed by atoms with Gasteiger partial charge < -0.3 is 10.2 Å². The lowest BCUT2D eigenvalue weighted by molar-refractivity contribution is 0.452. The number of aromatic nitrogens is 1. The first-order chi connectivity index (χ1) is 7.13. The Morgan fingerprint density at radius 2 is 2.33 bits per heavy atom. The summed E-state index contributed by atoms with van der Waals surface area (Å²) >= 11 is 0. The van der Waals surface area contributed by atoms with Crippen molar-refractivity contribution in [2.45, 2.75) is 31.1 Å². The Bertz CT molecular complexity index is 438. The Morgan fingerprint density at radius 1 is 1.53 bits per heavy atom. The Morgan fingerprint density at radius 3 is 2.93 bits per heavy atom. The molecule has 6 heteroatoms. The molecular formula is C9H14N2O3S. The SMILES string of the molecule is NCc1coc(C2CCCCS2(=O)=O)n1. The first kappa shape index (κ1) is 10.6. The normalized spacial score (nSPS) is 25.3. The van der Waals surface area contributed by atoms with Crippen LogP contribution < -0.4 is 5.73 Å². The fraction of sp³-hybridized carbons (Fsp3) is 0.667. The number of hydrogen-bond acceptors (Lipinski definition) is 5. The summed E-state index contributed by atoms with van der Waals surface area (Å²) in [5, 5.41) is -0.563. The summed E-state index contributed by atoms with van der Waals surface area (Å²) in [6.45, 7) is 0.274. The molecule has 0 aliphatic carbocycles. The molecule has 0 radical (unpaired) electrons. The van der Waals surface area contributed by atoms with Crippen LogP contribution in [0.3, 0.4) is 0 Å². The van der Waals surface area contributed by atoms with E-state index in [4.69, 9.17) is 10.2 Å². The highest BCUT2D eigenvalue weighted by Crippen LogP contribution is 2.32. The molecule has 1 aliphatic rings. The maximum Gasteiger partial charge on any atom is 0.212 e. The van der Waals surface area contributed by atoms with E-state index in [2.05, 4.69) is 4.98 Å². The first-order valence-electron chi connectivity index (χ1n) is 4.99. The molecule has 1 aliphatic heterocycles. The summed E-state index contributed by atoms with van der Waals surface area (Å²) in [5.74, 6) is 0.535. The van der Waals surface area contributed by atoms with E-state index < -0.39 is 15.1 Å². The second kappa shape index (κ2) is 3.94. The molecule has 1 saturated heterocycles. The molecular weight excluding hydrogens is 216 g/mol. The van der Waals surface area contributed by atoms with Gasteiger partial charge in [-0.25, -0.2) is 13.4 Å². The van der Waals surface area contributed by atoms with Gasteiger partial charge in [0.2, 0.25) is 5.89 Å². The average Bonchev–Trinajstić information content (AvgIpc) is 2.65. The average molecular weight is 230 g/mol. The predicted octanol–water partition coefficient (Wildman–Crippen LogP) is 0.773. The number of nitrogens with two attached hydrogens (primary N) is 1. The van der Waals surface area contributed by atoms with E-state index in [-0.39, 0.29) is 12.3 Å². The minimum atomic E-state index is -3.07. The molecule has 5 nitrogen and oxygen atoms in total. The van der Waals surface area contributed by atoms with E-state index in [0.717, 1.165) is 12.8 Å². The Kier molecular flexibility index (Phi) is 2.79. The smallest absolute Gasteiger partial charge is 0.212 e. The molecule has 2 N–H and O–H groups in total. The molecule has 1 unspecified atom stereocenters. The molecule has 0 bridgehead atoms. The topological polar surface area (TPSA) is 86.2 Å². The van der Waals surface area contributed by atoms with Crippen LogP contribution in [0, 0.1) is 0 Å². The summed E-state index contributed by atoms with van der Waals surface area (Å²) in [6.07, 6.45) is 3.68. The summed E-state index contributed by atoms with van der Waals surface area (Å²) < 4.78 is 28.7. The van der Waals surface area contributed by atoms with Gasteiger partial charge >= 0.3 is 0 Å². The molecule has 84 valence electrons. The number of oxazole rings is 1. The monoisotopic (exact) mass is 230 g/mol. The zero-order chi connectivity index (χ0) is 10.9. The van der Waals surface area contributed by atoms with Gasteiger partial charge in [0.25, 0.3) is 0 Å². The Balaban J connectivity index is 2.29. The molecule has 2 rings (SSSR count). The highest BCUT2D eigenvalue weighted by Gasteiger charge is 2.33. The molecule has 0 spiro atoms. The zero-order valence-corrected chi connectivity index (χ0v) is 9.16. The zero-order valence-electron chi connectivity index (χ0n) is 8.35. The lowest BCUT2D eigenvalue weighted by Gasteiger charge is -2.18. The van der Waals surface area contributed by atoms with Crippen molar-refractivity contribution in [3.8, 4) is 0 Å². The second-order valence-corrected chi connectivity index (χ2v) is 6.04. The Labute approximate surface area is 88.6 Å². The summed E-state index contributed by atoms with van der Waals surface area (Å²) in [5.41, 5.74) is 5.99. The molecule has 0 aromatic carbocycles. The van der Waals surface area contributed by atoms with Crippen LogP contribution in [-0.4, -0.2) is 19.2 Å². The van der Waals surface area contributed by atoms with Gasteiger partial charge in [-0.1, -0.05) is 6.42 Å². The van der Waals surface area contributed by atoms with Crippen LogP contribution in [0.4, 0.5) is 0 Å². The molecule has 1 aromatic heterocycles. The van der Waals surface area contributed by atoms with Crippen LogP contribution in [0.15, 0.2) is 10.7 Å². The van der Waals surface area contributed by atoms with Gasteiger partial charge in [0.1, 0.15) is 11.5 Å². The minimum absolute atomic E-state index is 0.234. The maximum absolute atomic E-state index is 11.7. The largest absolute Gasteiger partial charge is 0.447 e. The fourth-order valence-electron chi connectivity index (χ4n) is 1.80. The van der Waals surface area contributed by atoms with Gasteiger partial charge in [-0.2, -0.15) is 0 Å². The van der Waals surface area contributed by atoms with E-state index in [1.807, 2.05) is 0 Å². The molecule has 1 aromatic rings. The van der Waals surface area contributed by atoms with Gasteiger partial charge in [-0.3, -0.25) is 0 Å². The molecule has 0 saturated carbocycles. The van der Waals surface area contributed by atoms with Gasteiger partial charge in [-0.15, -0.1) is 0 Å². The van der Waals surface area contributed by atoms with Gasteiger partial charge in [0.15, 0.2) is 9.84 Å². The quantitative estimate of drug-likeness (QED) is 0.811. The van der Waals surface area contributed by atoms with Crippen LogP contribution in [0.1, 0.15) is 36.1 Å². The number of sulfone groups is 1. The summed E-state index contributed by atoms with van der Waals surface area (Å²) in [6, 6.07) is 0. The number of hydrogen-bond donors (Lipinski definition) is 1. The number of rotatable bonds is 2. The van der Waals surface area contributed by atoms with Crippen molar-refractivity contribution in [1.29, 1.82) is 0 Å². The van der Waals surface area contributed by atoms with E-state index >= 15 is 0 Å². The van der Waals surface area contributed by atoms with E-state index in [9.17, 15) is 8.42 Å². The van der Waals surface area contributed by atoms with E-state index in [1.165, 1.54) is 6.26 Å². The highest BCUT2D eigenvalue weighted by atomic mass is 32.2.